The molecule has 0 atom stereocenters. The minimum atomic E-state index is -0.325. The van der Waals surface area contributed by atoms with E-state index in [1.807, 2.05) is 0 Å². The molecule has 0 radical (unpaired) electrons. The number of carbonyl (C=O) groups is 1. The Kier molecular flexibility index (Phi) is 5.19. The van der Waals surface area contributed by atoms with Gasteiger partial charge in [-0.15, -0.1) is 11.8 Å². The second-order valence-electron chi connectivity index (χ2n) is 6.09. The molecule has 5 heteroatoms. The van der Waals surface area contributed by atoms with E-state index in [4.69, 9.17) is 0 Å². The molecule has 0 aromatic heterocycles. The highest BCUT2D eigenvalue weighted by Crippen LogP contribution is 2.36. The van der Waals surface area contributed by atoms with Gasteiger partial charge in [0.25, 0.3) is 5.91 Å². The molecule has 0 aliphatic heterocycles. The number of hydrogen-bond donors (Lipinski definition) is 1. The van der Waals surface area contributed by atoms with Gasteiger partial charge in [0.2, 0.25) is 0 Å². The predicted octanol–water partition coefficient (Wildman–Crippen LogP) is 5.56. The highest BCUT2D eigenvalue weighted by atomic mass is 32.2. The van der Waals surface area contributed by atoms with Crippen LogP contribution >= 0.6 is 11.8 Å². The number of halogens is 2. The Bertz CT molecular complexity index is 757. The molecule has 0 heterocycles. The SMILES string of the molecule is Cc1cc(NC(=O)c2ccc(F)c(SC3CCCC3)c2)ccc1F. The number of anilines is 1. The highest BCUT2D eigenvalue weighted by Gasteiger charge is 2.19. The summed E-state index contributed by atoms with van der Waals surface area (Å²) in [7, 11) is 0. The molecule has 2 aromatic carbocycles. The topological polar surface area (TPSA) is 29.1 Å². The van der Waals surface area contributed by atoms with Gasteiger partial charge in [0.15, 0.2) is 0 Å². The largest absolute Gasteiger partial charge is 0.322 e. The van der Waals surface area contributed by atoms with Gasteiger partial charge in [0, 0.05) is 21.4 Å². The maximum absolute atomic E-state index is 14.0. The van der Waals surface area contributed by atoms with E-state index in [0.717, 1.165) is 12.8 Å². The van der Waals surface area contributed by atoms with Gasteiger partial charge in [-0.25, -0.2) is 8.78 Å². The number of nitrogens with one attached hydrogen (secondary N) is 1. The number of hydrogen-bond acceptors (Lipinski definition) is 2. The number of amides is 1. The Balaban J connectivity index is 1.75. The maximum Gasteiger partial charge on any atom is 0.255 e. The van der Waals surface area contributed by atoms with Gasteiger partial charge in [-0.05, 0) is 61.7 Å². The fraction of sp³-hybridized carbons (Fsp3) is 0.316. The molecule has 0 unspecified atom stereocenters. The average Bonchev–Trinajstić information content (AvgIpc) is 3.06. The summed E-state index contributed by atoms with van der Waals surface area (Å²) in [4.78, 5) is 12.9. The summed E-state index contributed by atoms with van der Waals surface area (Å²) in [6.07, 6.45) is 4.55. The van der Waals surface area contributed by atoms with Gasteiger partial charge in [0.1, 0.15) is 11.6 Å². The van der Waals surface area contributed by atoms with Gasteiger partial charge in [-0.1, -0.05) is 12.8 Å². The summed E-state index contributed by atoms with van der Waals surface area (Å²) >= 11 is 1.52. The first kappa shape index (κ1) is 17.0. The fourth-order valence-corrected chi connectivity index (χ4v) is 4.15. The first-order chi connectivity index (χ1) is 11.5. The molecule has 126 valence electrons. The summed E-state index contributed by atoms with van der Waals surface area (Å²) in [5.74, 6) is -0.930. The second-order valence-corrected chi connectivity index (χ2v) is 7.43. The van der Waals surface area contributed by atoms with Gasteiger partial charge in [-0.2, -0.15) is 0 Å². The zero-order valence-electron chi connectivity index (χ0n) is 13.4. The van der Waals surface area contributed by atoms with Crippen LogP contribution in [0.1, 0.15) is 41.6 Å². The molecule has 1 aliphatic carbocycles. The van der Waals surface area contributed by atoms with Gasteiger partial charge in [-0.3, -0.25) is 4.79 Å². The molecule has 0 bridgehead atoms. The predicted molar refractivity (Wildman–Crippen MR) is 93.6 cm³/mol. The summed E-state index contributed by atoms with van der Waals surface area (Å²) in [6, 6.07) is 8.81. The van der Waals surface area contributed by atoms with Crippen molar-refractivity contribution in [2.45, 2.75) is 42.8 Å². The molecule has 1 aliphatic rings. The summed E-state index contributed by atoms with van der Waals surface area (Å²) in [5, 5.41) is 3.16. The van der Waals surface area contributed by atoms with Crippen molar-refractivity contribution in [1.29, 1.82) is 0 Å². The summed E-state index contributed by atoms with van der Waals surface area (Å²) in [6.45, 7) is 1.64. The molecule has 1 N–H and O–H groups in total. The molecule has 2 aromatic rings. The zero-order valence-corrected chi connectivity index (χ0v) is 14.3. The van der Waals surface area contributed by atoms with Crippen LogP contribution in [0.2, 0.25) is 0 Å². The van der Waals surface area contributed by atoms with Gasteiger partial charge in [0.05, 0.1) is 0 Å². The van der Waals surface area contributed by atoms with Crippen molar-refractivity contribution in [3.63, 3.8) is 0 Å². The molecular weight excluding hydrogens is 328 g/mol. The molecule has 3 rings (SSSR count). The quantitative estimate of drug-likeness (QED) is 0.784. The van der Waals surface area contributed by atoms with E-state index in [2.05, 4.69) is 5.32 Å². The summed E-state index contributed by atoms with van der Waals surface area (Å²) in [5.41, 5.74) is 1.39. The van der Waals surface area contributed by atoms with E-state index in [-0.39, 0.29) is 17.5 Å². The monoisotopic (exact) mass is 347 g/mol. The van der Waals surface area contributed by atoms with Gasteiger partial charge >= 0.3 is 0 Å². The van der Waals surface area contributed by atoms with Crippen molar-refractivity contribution >= 4 is 23.4 Å². The Morgan fingerprint density at radius 3 is 2.50 bits per heavy atom. The molecule has 0 saturated heterocycles. The van der Waals surface area contributed by atoms with Crippen molar-refractivity contribution in [3.05, 3.63) is 59.2 Å². The van der Waals surface area contributed by atoms with Crippen LogP contribution < -0.4 is 5.32 Å². The summed E-state index contributed by atoms with van der Waals surface area (Å²) < 4.78 is 27.3. The van der Waals surface area contributed by atoms with Crippen LogP contribution in [0.3, 0.4) is 0 Å². The van der Waals surface area contributed by atoms with Crippen LogP contribution in [0, 0.1) is 18.6 Å². The lowest BCUT2D eigenvalue weighted by molar-refractivity contribution is 0.102. The first-order valence-electron chi connectivity index (χ1n) is 8.06. The Morgan fingerprint density at radius 1 is 1.08 bits per heavy atom. The van der Waals surface area contributed by atoms with Crippen molar-refractivity contribution in [3.8, 4) is 0 Å². The second kappa shape index (κ2) is 7.34. The third-order valence-electron chi connectivity index (χ3n) is 4.21. The van der Waals surface area contributed by atoms with E-state index in [9.17, 15) is 13.6 Å². The van der Waals surface area contributed by atoms with Crippen LogP contribution in [0.25, 0.3) is 0 Å². The molecule has 1 fully saturated rings. The number of benzene rings is 2. The third kappa shape index (κ3) is 3.96. The van der Waals surface area contributed by atoms with E-state index >= 15 is 0 Å². The van der Waals surface area contributed by atoms with Crippen molar-refractivity contribution < 1.29 is 13.6 Å². The smallest absolute Gasteiger partial charge is 0.255 e. The van der Waals surface area contributed by atoms with E-state index in [1.165, 1.54) is 48.9 Å². The Labute approximate surface area is 144 Å². The fourth-order valence-electron chi connectivity index (χ4n) is 2.85. The third-order valence-corrected chi connectivity index (χ3v) is 5.58. The molecule has 2 nitrogen and oxygen atoms in total. The Hall–Kier alpha value is -1.88. The molecule has 1 amide bonds. The zero-order chi connectivity index (χ0) is 17.1. The standard InChI is InChI=1S/C19H19F2NOS/c1-12-10-14(7-9-16(12)20)22-19(23)13-6-8-17(21)18(11-13)24-15-4-2-3-5-15/h6-11,15H,2-5H2,1H3,(H,22,23). The molecule has 0 spiro atoms. The van der Waals surface area contributed by atoms with Crippen LogP contribution in [0.5, 0.6) is 0 Å². The highest BCUT2D eigenvalue weighted by molar-refractivity contribution is 8.00. The molecule has 1 saturated carbocycles. The van der Waals surface area contributed by atoms with Gasteiger partial charge < -0.3 is 5.32 Å². The van der Waals surface area contributed by atoms with Crippen molar-refractivity contribution in [1.82, 2.24) is 0 Å². The average molecular weight is 347 g/mol. The number of rotatable bonds is 4. The maximum atomic E-state index is 14.0. The van der Waals surface area contributed by atoms with Crippen molar-refractivity contribution in [2.75, 3.05) is 5.32 Å². The lowest BCUT2D eigenvalue weighted by Gasteiger charge is -2.11. The molecular formula is C19H19F2NOS. The van der Waals surface area contributed by atoms with Crippen LogP contribution in [-0.2, 0) is 0 Å². The minimum Gasteiger partial charge on any atom is -0.322 e. The number of carbonyl (C=O) groups excluding carboxylic acids is 1. The van der Waals surface area contributed by atoms with Crippen LogP contribution in [0.15, 0.2) is 41.3 Å². The minimum absolute atomic E-state index is 0.291. The first-order valence-corrected chi connectivity index (χ1v) is 8.94. The van der Waals surface area contributed by atoms with Crippen LogP contribution in [0.4, 0.5) is 14.5 Å². The van der Waals surface area contributed by atoms with Crippen LogP contribution in [-0.4, -0.2) is 11.2 Å². The lowest BCUT2D eigenvalue weighted by Crippen LogP contribution is -2.12. The van der Waals surface area contributed by atoms with Crippen molar-refractivity contribution in [2.24, 2.45) is 0 Å². The number of aryl methyl sites for hydroxylation is 1. The van der Waals surface area contributed by atoms with E-state index in [0.29, 0.717) is 27.0 Å². The van der Waals surface area contributed by atoms with E-state index < -0.39 is 0 Å². The van der Waals surface area contributed by atoms with E-state index in [1.54, 1.807) is 19.1 Å². The Morgan fingerprint density at radius 2 is 1.79 bits per heavy atom. The normalized spacial score (nSPS) is 14.8. The number of thioether (sulfide) groups is 1. The lowest BCUT2D eigenvalue weighted by atomic mass is 10.2. The molecule has 24 heavy (non-hydrogen) atoms.